The minimum absolute atomic E-state index is 0. The number of nitrogens with one attached hydrogen (secondary N) is 1. The molecule has 1 aromatic heterocycles. The van der Waals surface area contributed by atoms with E-state index in [1.807, 2.05) is 0 Å². The van der Waals surface area contributed by atoms with Gasteiger partial charge in [0.05, 0.1) is 5.52 Å². The molecule has 0 radical (unpaired) electrons. The van der Waals surface area contributed by atoms with Crippen LogP contribution in [0.25, 0.3) is 10.9 Å². The van der Waals surface area contributed by atoms with Crippen LogP contribution >= 0.6 is 0 Å². The molecule has 1 fully saturated rings. The summed E-state index contributed by atoms with van der Waals surface area (Å²) in [6, 6.07) is 2.04. The van der Waals surface area contributed by atoms with E-state index >= 15 is 0 Å². The molecule has 1 unspecified atom stereocenters. The molecule has 29 heavy (non-hydrogen) atoms. The number of piperazine rings is 1. The van der Waals surface area contributed by atoms with Crippen molar-refractivity contribution in [3.05, 3.63) is 45.5 Å². The van der Waals surface area contributed by atoms with Crippen molar-refractivity contribution in [2.45, 2.75) is 18.8 Å². The zero-order valence-corrected chi connectivity index (χ0v) is 15.9. The second-order valence-electron chi connectivity index (χ2n) is 6.51. The predicted octanol–water partition coefficient (Wildman–Crippen LogP) is 0.00180. The van der Waals surface area contributed by atoms with Gasteiger partial charge < -0.3 is 15.0 Å². The van der Waals surface area contributed by atoms with Crippen molar-refractivity contribution < 1.29 is 27.3 Å². The number of carbonyl (C=O) groups is 1. The zero-order valence-electron chi connectivity index (χ0n) is 15.1. The predicted molar refractivity (Wildman–Crippen MR) is 107 cm³/mol. The van der Waals surface area contributed by atoms with E-state index in [9.17, 15) is 32.1 Å². The molecule has 1 aromatic carbocycles. The molecule has 0 saturated carbocycles. The molecule has 0 aliphatic carbocycles. The van der Waals surface area contributed by atoms with Crippen LogP contribution in [-0.2, 0) is 16.7 Å². The molecule has 3 N–H and O–H groups in total. The second kappa shape index (κ2) is 9.21. The number of rotatable bonds is 5. The Hall–Kier alpha value is -1.34. The number of pyridine rings is 1. The van der Waals surface area contributed by atoms with Gasteiger partial charge in [0.2, 0.25) is 5.43 Å². The van der Waals surface area contributed by atoms with Gasteiger partial charge in [-0.2, -0.15) is 8.42 Å². The summed E-state index contributed by atoms with van der Waals surface area (Å²) in [5, 5.41) is 10.5. The maximum absolute atomic E-state index is 14.9. The SMILES string of the molecule is CCn1cc(C(=O)O)c(=O)c2cc(F)c(C(N3CCNCC3)S(=O)(=O)O)cc21.[NaH]. The van der Waals surface area contributed by atoms with Gasteiger partial charge in [0.15, 0.2) is 5.37 Å². The fourth-order valence-electron chi connectivity index (χ4n) is 3.49. The van der Waals surface area contributed by atoms with Crippen LogP contribution in [0.5, 0.6) is 0 Å². The first-order valence-corrected chi connectivity index (χ1v) is 10.2. The first-order chi connectivity index (χ1) is 13.1. The number of aromatic carboxylic acids is 1. The average Bonchev–Trinajstić information content (AvgIpc) is 2.63. The van der Waals surface area contributed by atoms with Crippen LogP contribution in [0.4, 0.5) is 4.39 Å². The van der Waals surface area contributed by atoms with Crippen LogP contribution < -0.4 is 10.7 Å². The van der Waals surface area contributed by atoms with Crippen molar-refractivity contribution in [3.63, 3.8) is 0 Å². The molecule has 1 aliphatic heterocycles. The Kier molecular flexibility index (Phi) is 7.60. The third-order valence-electron chi connectivity index (χ3n) is 4.80. The van der Waals surface area contributed by atoms with Crippen LogP contribution in [0, 0.1) is 5.82 Å². The van der Waals surface area contributed by atoms with E-state index in [0.717, 1.165) is 12.3 Å². The van der Waals surface area contributed by atoms with Crippen LogP contribution in [0.3, 0.4) is 0 Å². The van der Waals surface area contributed by atoms with Gasteiger partial charge in [0.1, 0.15) is 11.4 Å². The summed E-state index contributed by atoms with van der Waals surface area (Å²) in [6.07, 6.45) is 1.14. The van der Waals surface area contributed by atoms with Gasteiger partial charge in [-0.1, -0.05) is 0 Å². The van der Waals surface area contributed by atoms with E-state index in [0.29, 0.717) is 13.1 Å². The summed E-state index contributed by atoms with van der Waals surface area (Å²) in [5.74, 6) is -2.44. The second-order valence-corrected chi connectivity index (χ2v) is 7.98. The number of nitrogens with zero attached hydrogens (tertiary/aromatic N) is 2. The number of carboxylic acid groups (broad SMARTS) is 1. The molecule has 9 nitrogen and oxygen atoms in total. The average molecular weight is 437 g/mol. The summed E-state index contributed by atoms with van der Waals surface area (Å²) < 4.78 is 50.2. The topological polar surface area (TPSA) is 129 Å². The number of aromatic nitrogens is 1. The standard InChI is InChI=1S/C17H20FN3O6S.Na.H/c1-2-20-9-12(17(23)24)15(22)11-7-13(18)10(8-14(11)20)16(28(25,26)27)21-5-3-19-4-6-21;;/h7-9,16,19H,2-6H2,1H3,(H,23,24)(H,25,26,27);;. The van der Waals surface area contributed by atoms with E-state index in [1.54, 1.807) is 6.92 Å². The first-order valence-electron chi connectivity index (χ1n) is 8.66. The van der Waals surface area contributed by atoms with Crippen molar-refractivity contribution in [3.8, 4) is 0 Å². The van der Waals surface area contributed by atoms with E-state index in [2.05, 4.69) is 5.32 Å². The molecule has 154 valence electrons. The summed E-state index contributed by atoms with van der Waals surface area (Å²) >= 11 is 0. The van der Waals surface area contributed by atoms with Crippen molar-refractivity contribution in [2.75, 3.05) is 26.2 Å². The van der Waals surface area contributed by atoms with Crippen LogP contribution in [0.15, 0.2) is 23.1 Å². The quantitative estimate of drug-likeness (QED) is 0.441. The molecule has 3 rings (SSSR count). The first kappa shape index (κ1) is 23.9. The fraction of sp³-hybridized carbons (Fsp3) is 0.412. The van der Waals surface area contributed by atoms with Crippen LogP contribution in [0.1, 0.15) is 28.2 Å². The van der Waals surface area contributed by atoms with Crippen LogP contribution in [0.2, 0.25) is 0 Å². The van der Waals surface area contributed by atoms with Gasteiger partial charge in [-0.05, 0) is 19.1 Å². The maximum atomic E-state index is 14.9. The molecule has 1 saturated heterocycles. The molecular formula is C17H21FN3NaO6S. The Morgan fingerprint density at radius 3 is 2.45 bits per heavy atom. The number of hydrogen-bond donors (Lipinski definition) is 3. The molecule has 0 spiro atoms. The summed E-state index contributed by atoms with van der Waals surface area (Å²) in [4.78, 5) is 25.2. The number of carboxylic acids is 1. The summed E-state index contributed by atoms with van der Waals surface area (Å²) in [6.45, 7) is 3.48. The van der Waals surface area contributed by atoms with Gasteiger partial charge in [0.25, 0.3) is 10.1 Å². The Morgan fingerprint density at radius 2 is 1.93 bits per heavy atom. The summed E-state index contributed by atoms with van der Waals surface area (Å²) in [5.41, 5.74) is -1.46. The Labute approximate surface area is 188 Å². The van der Waals surface area contributed by atoms with E-state index < -0.39 is 38.3 Å². The van der Waals surface area contributed by atoms with Crippen molar-refractivity contribution in [1.29, 1.82) is 0 Å². The Bertz CT molecular complexity index is 1100. The monoisotopic (exact) mass is 437 g/mol. The van der Waals surface area contributed by atoms with Crippen LogP contribution in [-0.4, -0.2) is 89.2 Å². The van der Waals surface area contributed by atoms with Crippen molar-refractivity contribution in [1.82, 2.24) is 14.8 Å². The molecule has 0 amide bonds. The normalized spacial score (nSPS) is 16.4. The Morgan fingerprint density at radius 1 is 1.31 bits per heavy atom. The number of benzene rings is 1. The third kappa shape index (κ3) is 4.71. The van der Waals surface area contributed by atoms with Gasteiger partial charge in [0, 0.05) is 49.9 Å². The van der Waals surface area contributed by atoms with Crippen molar-refractivity contribution in [2.24, 2.45) is 0 Å². The molecule has 1 atom stereocenters. The fourth-order valence-corrected chi connectivity index (χ4v) is 4.58. The van der Waals surface area contributed by atoms with Gasteiger partial charge >= 0.3 is 35.5 Å². The van der Waals surface area contributed by atoms with E-state index in [-0.39, 0.29) is 65.7 Å². The minimum atomic E-state index is -4.68. The molecule has 12 heteroatoms. The number of fused-ring (bicyclic) bond motifs is 1. The van der Waals surface area contributed by atoms with E-state index in [4.69, 9.17) is 0 Å². The zero-order chi connectivity index (χ0) is 20.6. The summed E-state index contributed by atoms with van der Waals surface area (Å²) in [7, 11) is -4.68. The number of aryl methyl sites for hydroxylation is 1. The van der Waals surface area contributed by atoms with Gasteiger partial charge in [-0.25, -0.2) is 9.18 Å². The molecule has 2 heterocycles. The number of halogens is 1. The molecule has 2 aromatic rings. The Balaban J connectivity index is 0.00000300. The number of hydrogen-bond acceptors (Lipinski definition) is 6. The van der Waals surface area contributed by atoms with E-state index in [1.165, 1.54) is 15.5 Å². The van der Waals surface area contributed by atoms with Gasteiger partial charge in [-0.15, -0.1) is 0 Å². The molecule has 0 bridgehead atoms. The van der Waals surface area contributed by atoms with Gasteiger partial charge in [-0.3, -0.25) is 14.2 Å². The van der Waals surface area contributed by atoms with Crippen molar-refractivity contribution >= 4 is 56.5 Å². The molecule has 1 aliphatic rings. The third-order valence-corrected chi connectivity index (χ3v) is 5.92. The molecular weight excluding hydrogens is 416 g/mol.